The molecule has 0 unspecified atom stereocenters. The molecule has 3 aromatic carbocycles. The van der Waals surface area contributed by atoms with Crippen molar-refractivity contribution in [3.05, 3.63) is 94.0 Å². The number of nitrogens with one attached hydrogen (secondary N) is 2. The van der Waals surface area contributed by atoms with Crippen molar-refractivity contribution < 1.29 is 19.2 Å². The molecule has 8 nitrogen and oxygen atoms in total. The molecule has 40 heavy (non-hydrogen) atoms. The van der Waals surface area contributed by atoms with Crippen LogP contribution in [0.5, 0.6) is 0 Å². The second-order valence-corrected chi connectivity index (χ2v) is 12.2. The highest BCUT2D eigenvalue weighted by molar-refractivity contribution is 8.15. The topological polar surface area (TPSA) is 98.8 Å². The SMILES string of the molecule is Cc1ccc(N[C@@H]2SC(=O)N(Cc3ccc(CN4C(=O)S[C@@H](Nc5ccc(C)cc5C)C4=O)cc3)C2=O)c(C)c1. The Morgan fingerprint density at radius 2 is 0.975 bits per heavy atom. The van der Waals surface area contributed by atoms with Crippen LogP contribution < -0.4 is 10.6 Å². The number of rotatable bonds is 8. The molecular weight excluding hydrogens is 544 g/mol. The monoisotopic (exact) mass is 574 g/mol. The molecule has 0 spiro atoms. The van der Waals surface area contributed by atoms with Gasteiger partial charge < -0.3 is 10.6 Å². The Morgan fingerprint density at radius 3 is 1.32 bits per heavy atom. The average molecular weight is 575 g/mol. The first-order chi connectivity index (χ1) is 19.1. The van der Waals surface area contributed by atoms with Crippen molar-refractivity contribution in [2.75, 3.05) is 10.6 Å². The lowest BCUT2D eigenvalue weighted by molar-refractivity contribution is -0.127. The summed E-state index contributed by atoms with van der Waals surface area (Å²) in [6.07, 6.45) is 0. The molecule has 0 bridgehead atoms. The van der Waals surface area contributed by atoms with Crippen LogP contribution in [0.3, 0.4) is 0 Å². The van der Waals surface area contributed by atoms with E-state index in [-0.39, 0.29) is 35.4 Å². The van der Waals surface area contributed by atoms with Gasteiger partial charge in [-0.2, -0.15) is 0 Å². The van der Waals surface area contributed by atoms with Crippen molar-refractivity contribution in [3.63, 3.8) is 0 Å². The summed E-state index contributed by atoms with van der Waals surface area (Å²) < 4.78 is 0. The summed E-state index contributed by atoms with van der Waals surface area (Å²) in [5, 5.41) is 4.42. The molecule has 2 N–H and O–H groups in total. The van der Waals surface area contributed by atoms with Crippen LogP contribution in [-0.4, -0.2) is 42.8 Å². The molecular formula is C30H30N4O4S2. The molecule has 4 amide bonds. The Kier molecular flexibility index (Phi) is 7.91. The minimum atomic E-state index is -0.678. The lowest BCUT2D eigenvalue weighted by Crippen LogP contribution is -2.34. The van der Waals surface area contributed by atoms with Crippen LogP contribution in [0, 0.1) is 27.7 Å². The minimum absolute atomic E-state index is 0.148. The maximum absolute atomic E-state index is 13.0. The third-order valence-corrected chi connectivity index (χ3v) is 8.85. The zero-order valence-electron chi connectivity index (χ0n) is 22.7. The van der Waals surface area contributed by atoms with Gasteiger partial charge in [0.25, 0.3) is 22.3 Å². The lowest BCUT2D eigenvalue weighted by Gasteiger charge is -2.17. The number of aryl methyl sites for hydroxylation is 4. The van der Waals surface area contributed by atoms with Gasteiger partial charge >= 0.3 is 0 Å². The highest BCUT2D eigenvalue weighted by Gasteiger charge is 2.41. The van der Waals surface area contributed by atoms with E-state index in [4.69, 9.17) is 0 Å². The van der Waals surface area contributed by atoms with Gasteiger partial charge in [-0.15, -0.1) is 0 Å². The summed E-state index contributed by atoms with van der Waals surface area (Å²) in [6, 6.07) is 19.1. The normalized spacial score (nSPS) is 19.1. The standard InChI is InChI=1S/C30H30N4O4S2/c1-17-5-11-23(19(3)13-17)31-25-27(35)33(29(37)39-25)15-21-7-9-22(10-8-21)16-34-28(36)26(40-30(34)38)32-24-12-6-18(2)14-20(24)4/h5-14,25-26,31-32H,15-16H2,1-4H3/t25-,26-/m1/s1. The number of hydrogen-bond donors (Lipinski definition) is 2. The number of thioether (sulfide) groups is 2. The first-order valence-electron chi connectivity index (χ1n) is 12.9. The Labute approximate surface area is 241 Å². The van der Waals surface area contributed by atoms with Gasteiger partial charge in [0.1, 0.15) is 0 Å². The largest absolute Gasteiger partial charge is 0.365 e. The van der Waals surface area contributed by atoms with Gasteiger partial charge in [-0.3, -0.25) is 29.0 Å². The Bertz CT molecular complexity index is 1400. The van der Waals surface area contributed by atoms with Crippen LogP contribution >= 0.6 is 23.5 Å². The number of carbonyl (C=O) groups is 4. The van der Waals surface area contributed by atoms with E-state index < -0.39 is 10.7 Å². The lowest BCUT2D eigenvalue weighted by atomic mass is 10.1. The van der Waals surface area contributed by atoms with Gasteiger partial charge in [0.2, 0.25) is 0 Å². The van der Waals surface area contributed by atoms with Gasteiger partial charge in [-0.25, -0.2) is 0 Å². The molecule has 3 aromatic rings. The predicted molar refractivity (Wildman–Crippen MR) is 160 cm³/mol. The Morgan fingerprint density at radius 1 is 0.600 bits per heavy atom. The summed E-state index contributed by atoms with van der Waals surface area (Å²) in [6.45, 7) is 8.23. The van der Waals surface area contributed by atoms with Gasteiger partial charge in [-0.05, 0) is 85.6 Å². The van der Waals surface area contributed by atoms with E-state index in [1.165, 1.54) is 9.80 Å². The average Bonchev–Trinajstić information content (AvgIpc) is 3.32. The quantitative estimate of drug-likeness (QED) is 0.329. The third kappa shape index (κ3) is 5.88. The minimum Gasteiger partial charge on any atom is -0.365 e. The molecule has 2 saturated heterocycles. The molecule has 0 aromatic heterocycles. The molecule has 5 rings (SSSR count). The van der Waals surface area contributed by atoms with E-state index in [9.17, 15) is 19.2 Å². The summed E-state index contributed by atoms with van der Waals surface area (Å²) in [7, 11) is 0. The van der Waals surface area contributed by atoms with Gasteiger partial charge in [0, 0.05) is 11.4 Å². The van der Waals surface area contributed by atoms with Crippen molar-refractivity contribution in [1.82, 2.24) is 9.80 Å². The van der Waals surface area contributed by atoms with E-state index in [1.807, 2.05) is 88.4 Å². The highest BCUT2D eigenvalue weighted by Crippen LogP contribution is 2.32. The maximum Gasteiger partial charge on any atom is 0.291 e. The first kappa shape index (κ1) is 27.8. The van der Waals surface area contributed by atoms with E-state index >= 15 is 0 Å². The number of imide groups is 2. The molecule has 0 saturated carbocycles. The smallest absolute Gasteiger partial charge is 0.291 e. The van der Waals surface area contributed by atoms with E-state index in [2.05, 4.69) is 10.6 Å². The number of anilines is 2. The molecule has 2 aliphatic rings. The molecule has 2 atom stereocenters. The number of carbonyl (C=O) groups excluding carboxylic acids is 4. The Balaban J connectivity index is 1.19. The maximum atomic E-state index is 13.0. The second kappa shape index (κ2) is 11.4. The molecule has 0 radical (unpaired) electrons. The van der Waals surface area contributed by atoms with Crippen molar-refractivity contribution in [2.45, 2.75) is 51.5 Å². The van der Waals surface area contributed by atoms with Crippen LogP contribution in [0.15, 0.2) is 60.7 Å². The van der Waals surface area contributed by atoms with E-state index in [0.717, 1.165) is 68.3 Å². The van der Waals surface area contributed by atoms with Crippen LogP contribution in [0.1, 0.15) is 33.4 Å². The van der Waals surface area contributed by atoms with Gasteiger partial charge in [0.05, 0.1) is 13.1 Å². The highest BCUT2D eigenvalue weighted by atomic mass is 32.2. The fourth-order valence-electron chi connectivity index (χ4n) is 4.71. The molecule has 206 valence electrons. The van der Waals surface area contributed by atoms with Crippen LogP contribution in [-0.2, 0) is 22.7 Å². The van der Waals surface area contributed by atoms with Gasteiger partial charge in [-0.1, -0.05) is 59.7 Å². The van der Waals surface area contributed by atoms with Crippen LogP contribution in [0.25, 0.3) is 0 Å². The number of amides is 4. The van der Waals surface area contributed by atoms with Crippen molar-refractivity contribution >= 4 is 57.2 Å². The predicted octanol–water partition coefficient (Wildman–Crippen LogP) is 6.19. The fraction of sp³-hybridized carbons (Fsp3) is 0.267. The zero-order valence-corrected chi connectivity index (χ0v) is 24.3. The molecule has 2 aliphatic heterocycles. The zero-order chi connectivity index (χ0) is 28.6. The molecule has 2 heterocycles. The second-order valence-electron chi connectivity index (χ2n) is 10.1. The van der Waals surface area contributed by atoms with Crippen LogP contribution in [0.4, 0.5) is 21.0 Å². The van der Waals surface area contributed by atoms with Crippen molar-refractivity contribution in [3.8, 4) is 0 Å². The third-order valence-electron chi connectivity index (χ3n) is 6.90. The molecule has 10 heteroatoms. The summed E-state index contributed by atoms with van der Waals surface area (Å²) in [5.41, 5.74) is 7.48. The van der Waals surface area contributed by atoms with Crippen molar-refractivity contribution in [1.29, 1.82) is 0 Å². The molecule has 0 aliphatic carbocycles. The summed E-state index contributed by atoms with van der Waals surface area (Å²) in [4.78, 5) is 53.8. The summed E-state index contributed by atoms with van der Waals surface area (Å²) >= 11 is 1.94. The molecule has 2 fully saturated rings. The van der Waals surface area contributed by atoms with Crippen molar-refractivity contribution in [2.24, 2.45) is 0 Å². The number of benzene rings is 3. The number of hydrogen-bond acceptors (Lipinski definition) is 8. The Hall–Kier alpha value is -3.76. The van der Waals surface area contributed by atoms with Gasteiger partial charge in [0.15, 0.2) is 10.7 Å². The number of nitrogens with zero attached hydrogens (tertiary/aromatic N) is 2. The first-order valence-corrected chi connectivity index (χ1v) is 14.6. The van der Waals surface area contributed by atoms with E-state index in [0.29, 0.717) is 0 Å². The fourth-order valence-corrected chi connectivity index (χ4v) is 6.50. The summed E-state index contributed by atoms with van der Waals surface area (Å²) in [5.74, 6) is -0.571. The van der Waals surface area contributed by atoms with Crippen LogP contribution in [0.2, 0.25) is 0 Å². The van der Waals surface area contributed by atoms with E-state index in [1.54, 1.807) is 0 Å².